The molecule has 4 rings (SSSR count). The second-order valence-corrected chi connectivity index (χ2v) is 6.34. The maximum Gasteiger partial charge on any atom is 0.471 e. The molecule has 1 unspecified atom stereocenters. The van der Waals surface area contributed by atoms with Gasteiger partial charge in [0.2, 0.25) is 16.7 Å². The number of rotatable bonds is 5. The standard InChI is InChI=1S/C17H14F3N5O4/c18-17(19,20)16-24-15(25-29-16)8-1-2-9(22-5-8)6-23-12-11(13(26)14(12)27)10-7-28-4-3-21-10/h1-2,5,10,21,23H,3-4,6-7H2. The lowest BCUT2D eigenvalue weighted by molar-refractivity contribution is -0.159. The number of morpholine rings is 1. The molecule has 12 heteroatoms. The van der Waals surface area contributed by atoms with Crippen LogP contribution in [0.15, 0.2) is 32.4 Å². The van der Waals surface area contributed by atoms with Crippen LogP contribution in [0, 0.1) is 0 Å². The summed E-state index contributed by atoms with van der Waals surface area (Å²) in [4.78, 5) is 31.2. The number of alkyl halides is 3. The summed E-state index contributed by atoms with van der Waals surface area (Å²) in [6.07, 6.45) is -3.43. The Bertz CT molecular complexity index is 1080. The first-order chi connectivity index (χ1) is 13.8. The average Bonchev–Trinajstić information content (AvgIpc) is 3.22. The van der Waals surface area contributed by atoms with Crippen molar-refractivity contribution in [2.75, 3.05) is 25.1 Å². The largest absolute Gasteiger partial charge is 0.471 e. The highest BCUT2D eigenvalue weighted by Gasteiger charge is 2.38. The van der Waals surface area contributed by atoms with Crippen LogP contribution in [-0.4, -0.2) is 34.9 Å². The molecule has 9 nitrogen and oxygen atoms in total. The zero-order valence-corrected chi connectivity index (χ0v) is 14.7. The van der Waals surface area contributed by atoms with Crippen molar-refractivity contribution in [3.05, 3.63) is 55.9 Å². The fourth-order valence-corrected chi connectivity index (χ4v) is 2.96. The van der Waals surface area contributed by atoms with E-state index in [9.17, 15) is 22.8 Å². The highest BCUT2D eigenvalue weighted by molar-refractivity contribution is 5.58. The Morgan fingerprint density at radius 2 is 2.07 bits per heavy atom. The van der Waals surface area contributed by atoms with Gasteiger partial charge < -0.3 is 19.9 Å². The molecule has 1 aromatic carbocycles. The van der Waals surface area contributed by atoms with E-state index in [0.717, 1.165) is 0 Å². The van der Waals surface area contributed by atoms with E-state index in [1.165, 1.54) is 12.3 Å². The number of hydrogen-bond acceptors (Lipinski definition) is 9. The first kappa shape index (κ1) is 19.2. The minimum absolute atomic E-state index is 0.145. The van der Waals surface area contributed by atoms with Gasteiger partial charge in [-0.3, -0.25) is 14.6 Å². The second kappa shape index (κ2) is 7.37. The topological polar surface area (TPSA) is 119 Å². The SMILES string of the molecule is O=c1c(NCc2ccc(-c3noc(C(F)(F)F)n3)cn2)c(C2COCCN2)c1=O. The van der Waals surface area contributed by atoms with Crippen LogP contribution in [0.1, 0.15) is 23.2 Å². The van der Waals surface area contributed by atoms with Gasteiger partial charge in [0.05, 0.1) is 42.7 Å². The van der Waals surface area contributed by atoms with E-state index in [1.54, 1.807) is 6.07 Å². The second-order valence-electron chi connectivity index (χ2n) is 6.34. The zero-order chi connectivity index (χ0) is 20.6. The van der Waals surface area contributed by atoms with E-state index in [4.69, 9.17) is 4.74 Å². The molecule has 0 radical (unpaired) electrons. The first-order valence-electron chi connectivity index (χ1n) is 8.59. The van der Waals surface area contributed by atoms with Crippen LogP contribution < -0.4 is 21.5 Å². The Balaban J connectivity index is 1.44. The van der Waals surface area contributed by atoms with Crippen LogP contribution in [0.5, 0.6) is 0 Å². The van der Waals surface area contributed by atoms with Crippen molar-refractivity contribution >= 4 is 5.69 Å². The van der Waals surface area contributed by atoms with E-state index in [-0.39, 0.29) is 29.7 Å². The quantitative estimate of drug-likeness (QED) is 0.595. The van der Waals surface area contributed by atoms with E-state index in [2.05, 4.69) is 30.3 Å². The van der Waals surface area contributed by atoms with E-state index < -0.39 is 22.9 Å². The molecule has 3 aromatic rings. The van der Waals surface area contributed by atoms with Crippen molar-refractivity contribution in [2.24, 2.45) is 0 Å². The van der Waals surface area contributed by atoms with Gasteiger partial charge >= 0.3 is 12.1 Å². The van der Waals surface area contributed by atoms with Crippen LogP contribution in [0.4, 0.5) is 18.9 Å². The summed E-state index contributed by atoms with van der Waals surface area (Å²) in [6, 6.07) is 2.68. The number of hydrogen-bond donors (Lipinski definition) is 2. The van der Waals surface area contributed by atoms with Gasteiger partial charge in [-0.1, -0.05) is 5.16 Å². The van der Waals surface area contributed by atoms with Crippen LogP contribution in [0.2, 0.25) is 0 Å². The zero-order valence-electron chi connectivity index (χ0n) is 14.7. The third-order valence-corrected chi connectivity index (χ3v) is 4.42. The summed E-state index contributed by atoms with van der Waals surface area (Å²) in [5.41, 5.74) is 0.174. The summed E-state index contributed by atoms with van der Waals surface area (Å²) < 4.78 is 47.1. The first-order valence-corrected chi connectivity index (χ1v) is 8.59. The summed E-state index contributed by atoms with van der Waals surface area (Å²) >= 11 is 0. The summed E-state index contributed by atoms with van der Waals surface area (Å²) in [5.74, 6) is -1.68. The number of halogens is 3. The van der Waals surface area contributed by atoms with Crippen molar-refractivity contribution in [1.82, 2.24) is 20.4 Å². The molecule has 1 saturated heterocycles. The lowest BCUT2D eigenvalue weighted by Crippen LogP contribution is -2.46. The van der Waals surface area contributed by atoms with Gasteiger partial charge in [-0.2, -0.15) is 18.2 Å². The Morgan fingerprint density at radius 3 is 2.69 bits per heavy atom. The molecule has 0 bridgehead atoms. The molecule has 0 amide bonds. The van der Waals surface area contributed by atoms with Crippen LogP contribution in [0.25, 0.3) is 11.4 Å². The van der Waals surface area contributed by atoms with Gasteiger partial charge in [0.15, 0.2) is 0 Å². The number of anilines is 1. The highest BCUT2D eigenvalue weighted by Crippen LogP contribution is 2.29. The van der Waals surface area contributed by atoms with E-state index in [0.29, 0.717) is 31.0 Å². The Labute approximate surface area is 160 Å². The Morgan fingerprint density at radius 1 is 1.24 bits per heavy atom. The molecular formula is C17H14F3N5O4. The molecule has 0 saturated carbocycles. The van der Waals surface area contributed by atoms with Gasteiger partial charge in [-0.15, -0.1) is 0 Å². The molecular weight excluding hydrogens is 395 g/mol. The molecule has 3 heterocycles. The molecule has 0 aliphatic carbocycles. The lowest BCUT2D eigenvalue weighted by atomic mass is 9.98. The lowest BCUT2D eigenvalue weighted by Gasteiger charge is -2.26. The summed E-state index contributed by atoms with van der Waals surface area (Å²) in [7, 11) is 0. The fourth-order valence-electron chi connectivity index (χ4n) is 2.96. The highest BCUT2D eigenvalue weighted by atomic mass is 19.4. The Kier molecular flexibility index (Phi) is 4.88. The van der Waals surface area contributed by atoms with E-state index >= 15 is 0 Å². The number of ether oxygens (including phenoxy) is 1. The monoisotopic (exact) mass is 409 g/mol. The van der Waals surface area contributed by atoms with Gasteiger partial charge in [-0.05, 0) is 12.1 Å². The van der Waals surface area contributed by atoms with Crippen molar-refractivity contribution < 1.29 is 22.4 Å². The van der Waals surface area contributed by atoms with Crippen molar-refractivity contribution in [3.8, 4) is 11.4 Å². The molecule has 29 heavy (non-hydrogen) atoms. The molecule has 1 aliphatic rings. The average molecular weight is 409 g/mol. The molecule has 1 fully saturated rings. The summed E-state index contributed by atoms with van der Waals surface area (Å²) in [6.45, 7) is 1.57. The number of nitrogens with zero attached hydrogens (tertiary/aromatic N) is 3. The molecule has 1 aliphatic heterocycles. The number of pyridine rings is 1. The minimum atomic E-state index is -4.72. The normalized spacial score (nSPS) is 17.6. The predicted octanol–water partition coefficient (Wildman–Crippen LogP) is 1.02. The molecule has 152 valence electrons. The Hall–Kier alpha value is -3.12. The maximum atomic E-state index is 12.5. The van der Waals surface area contributed by atoms with Crippen molar-refractivity contribution in [3.63, 3.8) is 0 Å². The van der Waals surface area contributed by atoms with Gasteiger partial charge in [0.1, 0.15) is 0 Å². The van der Waals surface area contributed by atoms with Gasteiger partial charge in [-0.25, -0.2) is 0 Å². The smallest absolute Gasteiger partial charge is 0.378 e. The van der Waals surface area contributed by atoms with Gasteiger partial charge in [0.25, 0.3) is 0 Å². The maximum absolute atomic E-state index is 12.5. The third kappa shape index (κ3) is 3.76. The van der Waals surface area contributed by atoms with Gasteiger partial charge in [0, 0.05) is 18.3 Å². The van der Waals surface area contributed by atoms with Crippen LogP contribution in [0.3, 0.4) is 0 Å². The fraction of sp³-hybridized carbons (Fsp3) is 0.353. The predicted molar refractivity (Wildman–Crippen MR) is 92.8 cm³/mol. The van der Waals surface area contributed by atoms with Crippen molar-refractivity contribution in [1.29, 1.82) is 0 Å². The molecule has 2 aromatic heterocycles. The minimum Gasteiger partial charge on any atom is -0.378 e. The summed E-state index contributed by atoms with van der Waals surface area (Å²) in [5, 5.41) is 9.31. The third-order valence-electron chi connectivity index (χ3n) is 4.42. The van der Waals surface area contributed by atoms with E-state index in [1.807, 2.05) is 0 Å². The van der Waals surface area contributed by atoms with Crippen LogP contribution in [-0.2, 0) is 17.5 Å². The molecule has 2 N–H and O–H groups in total. The number of aromatic nitrogens is 3. The number of nitrogens with one attached hydrogen (secondary N) is 2. The molecule has 1 atom stereocenters. The van der Waals surface area contributed by atoms with Crippen LogP contribution >= 0.6 is 0 Å². The molecule has 0 spiro atoms. The van der Waals surface area contributed by atoms with Crippen molar-refractivity contribution in [2.45, 2.75) is 18.8 Å².